The molecule has 2 rings (SSSR count). The lowest BCUT2D eigenvalue weighted by Crippen LogP contribution is -2.46. The van der Waals surface area contributed by atoms with Gasteiger partial charge in [0.1, 0.15) is 0 Å². The van der Waals surface area contributed by atoms with E-state index < -0.39 is 0 Å². The van der Waals surface area contributed by atoms with E-state index in [1.54, 1.807) is 0 Å². The van der Waals surface area contributed by atoms with Gasteiger partial charge in [-0.2, -0.15) is 0 Å². The fraction of sp³-hybridized carbons (Fsp3) is 0.938. The molecule has 4 nitrogen and oxygen atoms in total. The molecule has 116 valence electrons. The number of esters is 1. The lowest BCUT2D eigenvalue weighted by Gasteiger charge is -2.35. The summed E-state index contributed by atoms with van der Waals surface area (Å²) in [6.07, 6.45) is 8.22. The van der Waals surface area contributed by atoms with E-state index in [1.165, 1.54) is 25.8 Å². The molecule has 1 aliphatic heterocycles. The standard InChI is InChI=1S/C16H30N2O2/c1-3-20-16(19)13-7-9-14(10-8-13)17-12-15-6-4-5-11-18(15)2/h13-15,17H,3-12H2,1-2H3. The summed E-state index contributed by atoms with van der Waals surface area (Å²) in [5.41, 5.74) is 0. The summed E-state index contributed by atoms with van der Waals surface area (Å²) in [7, 11) is 2.24. The van der Waals surface area contributed by atoms with Gasteiger partial charge in [-0.1, -0.05) is 6.42 Å². The molecule has 0 aromatic rings. The van der Waals surface area contributed by atoms with Crippen LogP contribution in [-0.2, 0) is 9.53 Å². The smallest absolute Gasteiger partial charge is 0.308 e. The van der Waals surface area contributed by atoms with Crippen LogP contribution in [0.4, 0.5) is 0 Å². The highest BCUT2D eigenvalue weighted by atomic mass is 16.5. The van der Waals surface area contributed by atoms with E-state index in [0.717, 1.165) is 32.2 Å². The van der Waals surface area contributed by atoms with Crippen molar-refractivity contribution in [3.05, 3.63) is 0 Å². The van der Waals surface area contributed by atoms with E-state index in [0.29, 0.717) is 18.7 Å². The van der Waals surface area contributed by atoms with E-state index in [4.69, 9.17) is 4.74 Å². The van der Waals surface area contributed by atoms with Gasteiger partial charge in [0.05, 0.1) is 12.5 Å². The zero-order chi connectivity index (χ0) is 14.4. The molecular weight excluding hydrogens is 252 g/mol. The maximum absolute atomic E-state index is 11.7. The van der Waals surface area contributed by atoms with E-state index in [1.807, 2.05) is 6.92 Å². The van der Waals surface area contributed by atoms with Crippen LogP contribution in [0.25, 0.3) is 0 Å². The van der Waals surface area contributed by atoms with Crippen LogP contribution < -0.4 is 5.32 Å². The summed E-state index contributed by atoms with van der Waals surface area (Å²) in [6.45, 7) is 4.73. The molecule has 2 fully saturated rings. The maximum Gasteiger partial charge on any atom is 0.308 e. The van der Waals surface area contributed by atoms with Crippen LogP contribution in [0.5, 0.6) is 0 Å². The van der Waals surface area contributed by atoms with E-state index in [9.17, 15) is 4.79 Å². The first-order valence-electron chi connectivity index (χ1n) is 8.31. The lowest BCUT2D eigenvalue weighted by molar-refractivity contribution is -0.149. The minimum absolute atomic E-state index is 0.0120. The third kappa shape index (κ3) is 4.45. The number of hydrogen-bond donors (Lipinski definition) is 1. The van der Waals surface area contributed by atoms with Gasteiger partial charge in [-0.15, -0.1) is 0 Å². The Bertz CT molecular complexity index is 301. The topological polar surface area (TPSA) is 41.6 Å². The zero-order valence-corrected chi connectivity index (χ0v) is 13.1. The second-order valence-corrected chi connectivity index (χ2v) is 6.34. The van der Waals surface area contributed by atoms with Crippen molar-refractivity contribution in [1.82, 2.24) is 10.2 Å². The van der Waals surface area contributed by atoms with Crippen molar-refractivity contribution in [3.8, 4) is 0 Å². The van der Waals surface area contributed by atoms with Crippen molar-refractivity contribution in [1.29, 1.82) is 0 Å². The van der Waals surface area contributed by atoms with Crippen molar-refractivity contribution in [2.75, 3.05) is 26.7 Å². The zero-order valence-electron chi connectivity index (χ0n) is 13.1. The molecule has 0 aromatic heterocycles. The van der Waals surface area contributed by atoms with Crippen LogP contribution in [0, 0.1) is 5.92 Å². The van der Waals surface area contributed by atoms with Crippen LogP contribution in [-0.4, -0.2) is 49.7 Å². The van der Waals surface area contributed by atoms with Gasteiger partial charge in [0.2, 0.25) is 0 Å². The molecule has 0 radical (unpaired) electrons. The highest BCUT2D eigenvalue weighted by molar-refractivity contribution is 5.72. The van der Waals surface area contributed by atoms with Gasteiger partial charge < -0.3 is 15.0 Å². The quantitative estimate of drug-likeness (QED) is 0.785. The number of carbonyl (C=O) groups is 1. The maximum atomic E-state index is 11.7. The van der Waals surface area contributed by atoms with Gasteiger partial charge in [0, 0.05) is 18.6 Å². The Morgan fingerprint density at radius 1 is 1.20 bits per heavy atom. The number of likely N-dealkylation sites (tertiary alicyclic amines) is 1. The Hall–Kier alpha value is -0.610. The molecule has 1 heterocycles. The first-order chi connectivity index (χ1) is 9.70. The van der Waals surface area contributed by atoms with Crippen LogP contribution >= 0.6 is 0 Å². The van der Waals surface area contributed by atoms with Gasteiger partial charge in [-0.3, -0.25) is 4.79 Å². The van der Waals surface area contributed by atoms with Gasteiger partial charge in [-0.25, -0.2) is 0 Å². The number of ether oxygens (including phenoxy) is 1. The number of nitrogens with one attached hydrogen (secondary N) is 1. The van der Waals surface area contributed by atoms with Crippen molar-refractivity contribution in [2.24, 2.45) is 5.92 Å². The Morgan fingerprint density at radius 2 is 1.95 bits per heavy atom. The molecule has 4 heteroatoms. The number of likely N-dealkylation sites (N-methyl/N-ethyl adjacent to an activating group) is 1. The number of rotatable bonds is 5. The van der Waals surface area contributed by atoms with Gasteiger partial charge >= 0.3 is 5.97 Å². The van der Waals surface area contributed by atoms with Crippen molar-refractivity contribution in [3.63, 3.8) is 0 Å². The second kappa shape index (κ2) is 7.99. The second-order valence-electron chi connectivity index (χ2n) is 6.34. The Morgan fingerprint density at radius 3 is 2.60 bits per heavy atom. The minimum Gasteiger partial charge on any atom is -0.466 e. The number of hydrogen-bond acceptors (Lipinski definition) is 4. The fourth-order valence-corrected chi connectivity index (χ4v) is 3.50. The molecule has 1 aliphatic carbocycles. The molecule has 1 N–H and O–H groups in total. The average molecular weight is 282 g/mol. The third-order valence-electron chi connectivity index (χ3n) is 4.91. The Kier molecular flexibility index (Phi) is 6.30. The van der Waals surface area contributed by atoms with Crippen molar-refractivity contribution < 1.29 is 9.53 Å². The van der Waals surface area contributed by atoms with E-state index in [-0.39, 0.29) is 11.9 Å². The summed E-state index contributed by atoms with van der Waals surface area (Å²) in [6, 6.07) is 1.29. The number of piperidine rings is 1. The van der Waals surface area contributed by atoms with Crippen molar-refractivity contribution in [2.45, 2.75) is 64.0 Å². The predicted octanol–water partition coefficient (Wildman–Crippen LogP) is 2.18. The average Bonchev–Trinajstić information content (AvgIpc) is 2.47. The lowest BCUT2D eigenvalue weighted by atomic mass is 9.86. The summed E-state index contributed by atoms with van der Waals surface area (Å²) < 4.78 is 5.12. The normalized spacial score (nSPS) is 32.0. The van der Waals surface area contributed by atoms with E-state index in [2.05, 4.69) is 17.3 Å². The summed E-state index contributed by atoms with van der Waals surface area (Å²) in [5.74, 6) is 0.156. The largest absolute Gasteiger partial charge is 0.466 e. The molecule has 1 atom stereocenters. The summed E-state index contributed by atoms with van der Waals surface area (Å²) >= 11 is 0. The Balaban J connectivity index is 1.65. The molecule has 1 unspecified atom stereocenters. The molecule has 0 aromatic carbocycles. The number of carbonyl (C=O) groups excluding carboxylic acids is 1. The monoisotopic (exact) mass is 282 g/mol. The van der Waals surface area contributed by atoms with Gasteiger partial charge in [0.25, 0.3) is 0 Å². The van der Waals surface area contributed by atoms with E-state index >= 15 is 0 Å². The summed E-state index contributed by atoms with van der Waals surface area (Å²) in [4.78, 5) is 14.2. The van der Waals surface area contributed by atoms with Crippen LogP contribution in [0.3, 0.4) is 0 Å². The SMILES string of the molecule is CCOC(=O)C1CCC(NCC2CCCCN2C)CC1. The third-order valence-corrected chi connectivity index (χ3v) is 4.91. The molecule has 0 bridgehead atoms. The molecular formula is C16H30N2O2. The molecule has 0 amide bonds. The first-order valence-corrected chi connectivity index (χ1v) is 8.31. The van der Waals surface area contributed by atoms with Crippen molar-refractivity contribution >= 4 is 5.97 Å². The molecule has 20 heavy (non-hydrogen) atoms. The molecule has 2 aliphatic rings. The summed E-state index contributed by atoms with van der Waals surface area (Å²) in [5, 5.41) is 3.72. The fourth-order valence-electron chi connectivity index (χ4n) is 3.50. The van der Waals surface area contributed by atoms with Crippen LogP contribution in [0.1, 0.15) is 51.9 Å². The molecule has 1 saturated carbocycles. The predicted molar refractivity (Wildman–Crippen MR) is 80.7 cm³/mol. The first kappa shape index (κ1) is 15.8. The molecule has 0 spiro atoms. The Labute approximate surface area is 123 Å². The minimum atomic E-state index is 0.0120. The highest BCUT2D eigenvalue weighted by Crippen LogP contribution is 2.25. The molecule has 1 saturated heterocycles. The van der Waals surface area contributed by atoms with Crippen LogP contribution in [0.15, 0.2) is 0 Å². The van der Waals surface area contributed by atoms with Gasteiger partial charge in [0.15, 0.2) is 0 Å². The van der Waals surface area contributed by atoms with Crippen LogP contribution in [0.2, 0.25) is 0 Å². The number of nitrogens with zero attached hydrogens (tertiary/aromatic N) is 1. The van der Waals surface area contributed by atoms with Gasteiger partial charge in [-0.05, 0) is 59.0 Å². The highest BCUT2D eigenvalue weighted by Gasteiger charge is 2.28.